The number of imide groups is 1. The highest BCUT2D eigenvalue weighted by molar-refractivity contribution is 8.18. The van der Waals surface area contributed by atoms with Crippen molar-refractivity contribution in [2.24, 2.45) is 0 Å². The zero-order valence-electron chi connectivity index (χ0n) is 14.4. The SMILES string of the molecule is O=C1NC(=O)/C(=C/c2ccnc(N3CCC(N4CCOCC4)CC3)n2)S1. The van der Waals surface area contributed by atoms with Gasteiger partial charge in [-0.15, -0.1) is 0 Å². The average molecular weight is 375 g/mol. The first kappa shape index (κ1) is 17.4. The Bertz CT molecular complexity index is 727. The highest BCUT2D eigenvalue weighted by atomic mass is 32.2. The molecule has 1 aromatic heterocycles. The van der Waals surface area contributed by atoms with E-state index in [4.69, 9.17) is 4.74 Å². The van der Waals surface area contributed by atoms with E-state index < -0.39 is 0 Å². The van der Waals surface area contributed by atoms with Crippen molar-refractivity contribution in [2.75, 3.05) is 44.3 Å². The van der Waals surface area contributed by atoms with E-state index in [9.17, 15) is 9.59 Å². The van der Waals surface area contributed by atoms with Crippen LogP contribution >= 0.6 is 11.8 Å². The fourth-order valence-corrected chi connectivity index (χ4v) is 4.19. The average Bonchev–Trinajstić information content (AvgIpc) is 3.00. The summed E-state index contributed by atoms with van der Waals surface area (Å²) in [5.74, 6) is 0.306. The second kappa shape index (κ2) is 7.73. The molecule has 0 radical (unpaired) electrons. The molecule has 4 rings (SSSR count). The molecule has 1 N–H and O–H groups in total. The van der Waals surface area contributed by atoms with Crippen LogP contribution in [0.2, 0.25) is 0 Å². The van der Waals surface area contributed by atoms with E-state index in [1.54, 1.807) is 18.3 Å². The molecule has 9 heteroatoms. The van der Waals surface area contributed by atoms with Crippen LogP contribution < -0.4 is 10.2 Å². The number of thioether (sulfide) groups is 1. The molecule has 3 fully saturated rings. The summed E-state index contributed by atoms with van der Waals surface area (Å²) < 4.78 is 5.43. The third-order valence-corrected chi connectivity index (χ3v) is 5.71. The van der Waals surface area contributed by atoms with Crippen molar-refractivity contribution >= 4 is 34.9 Å². The van der Waals surface area contributed by atoms with E-state index in [2.05, 4.69) is 25.1 Å². The lowest BCUT2D eigenvalue weighted by atomic mass is 10.0. The number of hydrogen-bond acceptors (Lipinski definition) is 8. The van der Waals surface area contributed by atoms with Crippen molar-refractivity contribution in [1.29, 1.82) is 0 Å². The molecule has 0 unspecified atom stereocenters. The molecule has 0 atom stereocenters. The van der Waals surface area contributed by atoms with Crippen LogP contribution in [0.4, 0.5) is 10.7 Å². The van der Waals surface area contributed by atoms with Gasteiger partial charge >= 0.3 is 0 Å². The Kier molecular flexibility index (Phi) is 5.18. The summed E-state index contributed by atoms with van der Waals surface area (Å²) in [5, 5.41) is 1.90. The number of nitrogens with one attached hydrogen (secondary N) is 1. The van der Waals surface area contributed by atoms with Crippen LogP contribution in [0.1, 0.15) is 18.5 Å². The predicted octanol–water partition coefficient (Wildman–Crippen LogP) is 1.10. The van der Waals surface area contributed by atoms with Gasteiger partial charge in [0, 0.05) is 38.4 Å². The number of carbonyl (C=O) groups is 2. The number of anilines is 1. The normalized spacial score (nSPS) is 24.3. The molecular formula is C17H21N5O3S. The highest BCUT2D eigenvalue weighted by Gasteiger charge is 2.27. The van der Waals surface area contributed by atoms with Crippen LogP contribution in [0.3, 0.4) is 0 Å². The molecule has 0 spiro atoms. The maximum absolute atomic E-state index is 11.7. The second-order valence-electron chi connectivity index (χ2n) is 6.50. The smallest absolute Gasteiger partial charge is 0.290 e. The molecule has 138 valence electrons. The number of nitrogens with zero attached hydrogens (tertiary/aromatic N) is 4. The van der Waals surface area contributed by atoms with E-state index in [0.29, 0.717) is 22.6 Å². The molecule has 8 nitrogen and oxygen atoms in total. The van der Waals surface area contributed by atoms with Gasteiger partial charge in [-0.25, -0.2) is 9.97 Å². The number of carbonyl (C=O) groups excluding carboxylic acids is 2. The number of amides is 2. The Labute approximate surface area is 156 Å². The molecule has 0 aliphatic carbocycles. The Balaban J connectivity index is 1.40. The molecule has 26 heavy (non-hydrogen) atoms. The first-order valence-corrected chi connectivity index (χ1v) is 9.65. The van der Waals surface area contributed by atoms with Crippen molar-refractivity contribution in [3.63, 3.8) is 0 Å². The third-order valence-electron chi connectivity index (χ3n) is 4.89. The standard InChI is InChI=1S/C17H21N5O3S/c23-15-14(26-17(24)20-15)11-12-1-4-18-16(19-12)22-5-2-13(3-6-22)21-7-9-25-10-8-21/h1,4,11,13H,2-3,5-10H2,(H,20,23,24)/b14-11-. The summed E-state index contributed by atoms with van der Waals surface area (Å²) in [5.41, 5.74) is 0.637. The molecule has 1 aromatic rings. The van der Waals surface area contributed by atoms with E-state index in [0.717, 1.165) is 64.0 Å². The monoisotopic (exact) mass is 375 g/mol. The summed E-state index contributed by atoms with van der Waals surface area (Å²) in [6.45, 7) is 5.51. The quantitative estimate of drug-likeness (QED) is 0.786. The summed E-state index contributed by atoms with van der Waals surface area (Å²) in [6, 6.07) is 2.35. The molecule has 0 bridgehead atoms. The van der Waals surface area contributed by atoms with Gasteiger partial charge in [0.05, 0.1) is 23.8 Å². The highest BCUT2D eigenvalue weighted by Crippen LogP contribution is 2.26. The van der Waals surface area contributed by atoms with E-state index in [1.807, 2.05) is 0 Å². The Morgan fingerprint density at radius 2 is 1.96 bits per heavy atom. The van der Waals surface area contributed by atoms with Gasteiger partial charge in [-0.3, -0.25) is 19.8 Å². The summed E-state index contributed by atoms with van der Waals surface area (Å²) in [4.78, 5) is 37.0. The minimum Gasteiger partial charge on any atom is -0.379 e. The largest absolute Gasteiger partial charge is 0.379 e. The molecule has 4 heterocycles. The topological polar surface area (TPSA) is 87.7 Å². The number of aromatic nitrogens is 2. The third kappa shape index (κ3) is 3.89. The molecule has 3 saturated heterocycles. The first-order valence-electron chi connectivity index (χ1n) is 8.84. The van der Waals surface area contributed by atoms with Crippen LogP contribution in [0.5, 0.6) is 0 Å². The van der Waals surface area contributed by atoms with Crippen molar-refractivity contribution < 1.29 is 14.3 Å². The van der Waals surface area contributed by atoms with Gasteiger partial charge in [0.1, 0.15) is 0 Å². The van der Waals surface area contributed by atoms with Gasteiger partial charge in [0.25, 0.3) is 11.1 Å². The van der Waals surface area contributed by atoms with Gasteiger partial charge in [0.15, 0.2) is 0 Å². The maximum Gasteiger partial charge on any atom is 0.290 e. The number of piperidine rings is 1. The van der Waals surface area contributed by atoms with Gasteiger partial charge in [-0.1, -0.05) is 0 Å². The van der Waals surface area contributed by atoms with Crippen LogP contribution in [0.25, 0.3) is 6.08 Å². The van der Waals surface area contributed by atoms with Gasteiger partial charge in [-0.2, -0.15) is 0 Å². The summed E-state index contributed by atoms with van der Waals surface area (Å²) in [6.07, 6.45) is 5.50. The minimum atomic E-state index is -0.369. The molecule has 2 amide bonds. The Hall–Kier alpha value is -1.97. The predicted molar refractivity (Wildman–Crippen MR) is 98.8 cm³/mol. The van der Waals surface area contributed by atoms with Crippen LogP contribution in [-0.4, -0.2) is 71.4 Å². The molecular weight excluding hydrogens is 354 g/mol. The van der Waals surface area contributed by atoms with Crippen molar-refractivity contribution in [1.82, 2.24) is 20.2 Å². The van der Waals surface area contributed by atoms with Crippen LogP contribution in [0.15, 0.2) is 17.2 Å². The Morgan fingerprint density at radius 3 is 2.65 bits per heavy atom. The number of morpholine rings is 1. The van der Waals surface area contributed by atoms with Gasteiger partial charge in [-0.05, 0) is 36.7 Å². The fourth-order valence-electron chi connectivity index (χ4n) is 3.52. The number of rotatable bonds is 3. The lowest BCUT2D eigenvalue weighted by Gasteiger charge is -2.40. The molecule has 0 saturated carbocycles. The summed E-state index contributed by atoms with van der Waals surface area (Å²) in [7, 11) is 0. The molecule has 0 aromatic carbocycles. The minimum absolute atomic E-state index is 0.347. The van der Waals surface area contributed by atoms with Crippen molar-refractivity contribution in [3.8, 4) is 0 Å². The van der Waals surface area contributed by atoms with E-state index >= 15 is 0 Å². The van der Waals surface area contributed by atoms with Crippen LogP contribution in [-0.2, 0) is 9.53 Å². The lowest BCUT2D eigenvalue weighted by Crippen LogP contribution is -2.49. The number of ether oxygens (including phenoxy) is 1. The molecule has 3 aliphatic heterocycles. The zero-order chi connectivity index (χ0) is 17.9. The Morgan fingerprint density at radius 1 is 1.19 bits per heavy atom. The number of hydrogen-bond donors (Lipinski definition) is 1. The first-order chi connectivity index (χ1) is 12.7. The maximum atomic E-state index is 11.7. The van der Waals surface area contributed by atoms with E-state index in [1.165, 1.54) is 0 Å². The molecule has 3 aliphatic rings. The van der Waals surface area contributed by atoms with Crippen LogP contribution in [0, 0.1) is 0 Å². The lowest BCUT2D eigenvalue weighted by molar-refractivity contribution is -0.115. The second-order valence-corrected chi connectivity index (χ2v) is 7.52. The van der Waals surface area contributed by atoms with Crippen molar-refractivity contribution in [3.05, 3.63) is 22.9 Å². The zero-order valence-corrected chi connectivity index (χ0v) is 15.2. The van der Waals surface area contributed by atoms with Gasteiger partial charge in [0.2, 0.25) is 5.95 Å². The fraction of sp³-hybridized carbons (Fsp3) is 0.529. The summed E-state index contributed by atoms with van der Waals surface area (Å²) >= 11 is 0.898. The van der Waals surface area contributed by atoms with Gasteiger partial charge < -0.3 is 9.64 Å². The van der Waals surface area contributed by atoms with Crippen molar-refractivity contribution in [2.45, 2.75) is 18.9 Å². The van der Waals surface area contributed by atoms with E-state index in [-0.39, 0.29) is 11.1 Å².